The van der Waals surface area contributed by atoms with Gasteiger partial charge >= 0.3 is 0 Å². The van der Waals surface area contributed by atoms with Crippen LogP contribution in [0.4, 0.5) is 5.69 Å². The first-order chi connectivity index (χ1) is 19.0. The summed E-state index contributed by atoms with van der Waals surface area (Å²) in [5.74, 6) is 0.572. The average molecular weight is 542 g/mol. The van der Waals surface area contributed by atoms with E-state index in [1.165, 1.54) is 17.3 Å². The van der Waals surface area contributed by atoms with Crippen LogP contribution in [0.25, 0.3) is 6.08 Å². The zero-order chi connectivity index (χ0) is 27.2. The number of aryl methyl sites for hydroxylation is 1. The fourth-order valence-electron chi connectivity index (χ4n) is 4.36. The van der Waals surface area contributed by atoms with Crippen molar-refractivity contribution in [2.75, 3.05) is 32.8 Å². The standard InChI is InChI=1S/C31H31N3O4S/c1-3-34-30(36)28(20-24-7-4-5-10-27(24)38-21-23-13-11-22(2)12-14-23)39-31(34)32-26-9-6-8-25(19-26)29(35)33-15-17-37-18-16-33/h4-14,19-20H,3,15-18,21H2,1-2H3/b28-20+,32-31?. The summed E-state index contributed by atoms with van der Waals surface area (Å²) in [5, 5.41) is 0.586. The number of aliphatic imine (C=N–C) groups is 1. The first-order valence-electron chi connectivity index (χ1n) is 13.1. The van der Waals surface area contributed by atoms with Crippen LogP contribution >= 0.6 is 11.8 Å². The Morgan fingerprint density at radius 2 is 1.82 bits per heavy atom. The number of hydrogen-bond donors (Lipinski definition) is 0. The Balaban J connectivity index is 1.35. The number of amidine groups is 1. The minimum Gasteiger partial charge on any atom is -0.488 e. The molecule has 0 aliphatic carbocycles. The Bertz CT molecular complexity index is 1410. The number of morpholine rings is 1. The zero-order valence-electron chi connectivity index (χ0n) is 22.1. The molecule has 0 saturated carbocycles. The SMILES string of the molecule is CCN1C(=O)/C(=C\c2ccccc2OCc2ccc(C)cc2)SC1=Nc1cccc(C(=O)N2CCOCC2)c1. The second-order valence-corrected chi connectivity index (χ2v) is 10.3. The van der Waals surface area contributed by atoms with Gasteiger partial charge in [0, 0.05) is 30.8 Å². The van der Waals surface area contributed by atoms with Crippen molar-refractivity contribution in [1.29, 1.82) is 0 Å². The number of carbonyl (C=O) groups excluding carboxylic acids is 2. The van der Waals surface area contributed by atoms with Gasteiger partial charge in [-0.05, 0) is 61.5 Å². The highest BCUT2D eigenvalue weighted by atomic mass is 32.2. The van der Waals surface area contributed by atoms with Crippen molar-refractivity contribution in [2.24, 2.45) is 4.99 Å². The van der Waals surface area contributed by atoms with E-state index in [0.29, 0.717) is 66.5 Å². The van der Waals surface area contributed by atoms with E-state index < -0.39 is 0 Å². The van der Waals surface area contributed by atoms with E-state index in [9.17, 15) is 9.59 Å². The van der Waals surface area contributed by atoms with Crippen molar-refractivity contribution >= 4 is 40.5 Å². The highest BCUT2D eigenvalue weighted by Gasteiger charge is 2.32. The number of hydrogen-bond acceptors (Lipinski definition) is 6. The van der Waals surface area contributed by atoms with Crippen LogP contribution < -0.4 is 4.74 Å². The molecule has 7 nitrogen and oxygen atoms in total. The molecule has 0 spiro atoms. The molecule has 0 N–H and O–H groups in total. The molecule has 0 atom stereocenters. The number of benzene rings is 3. The van der Waals surface area contributed by atoms with Crippen LogP contribution in [-0.2, 0) is 16.1 Å². The summed E-state index contributed by atoms with van der Waals surface area (Å²) >= 11 is 1.33. The van der Waals surface area contributed by atoms with Crippen LogP contribution in [-0.4, -0.2) is 59.6 Å². The molecule has 2 aliphatic rings. The van der Waals surface area contributed by atoms with Gasteiger partial charge in [-0.25, -0.2) is 4.99 Å². The van der Waals surface area contributed by atoms with Crippen molar-refractivity contribution < 1.29 is 19.1 Å². The number of carbonyl (C=O) groups is 2. The highest BCUT2D eigenvalue weighted by Crippen LogP contribution is 2.35. The van der Waals surface area contributed by atoms with E-state index in [1.807, 2.05) is 49.4 Å². The lowest BCUT2D eigenvalue weighted by atomic mass is 10.1. The Labute approximate surface area is 233 Å². The third-order valence-corrected chi connectivity index (χ3v) is 7.55. The molecule has 3 aromatic rings. The second kappa shape index (κ2) is 12.3. The molecule has 2 amide bonds. The lowest BCUT2D eigenvalue weighted by Gasteiger charge is -2.26. The second-order valence-electron chi connectivity index (χ2n) is 9.32. The van der Waals surface area contributed by atoms with E-state index in [4.69, 9.17) is 14.5 Å². The summed E-state index contributed by atoms with van der Waals surface area (Å²) < 4.78 is 11.5. The van der Waals surface area contributed by atoms with Crippen LogP contribution in [0.15, 0.2) is 82.7 Å². The minimum absolute atomic E-state index is 0.0364. The van der Waals surface area contributed by atoms with Crippen LogP contribution in [0.1, 0.15) is 34.0 Å². The number of nitrogens with zero attached hydrogens (tertiary/aromatic N) is 3. The predicted molar refractivity (Wildman–Crippen MR) is 155 cm³/mol. The molecular formula is C31H31N3O4S. The third kappa shape index (κ3) is 6.41. The molecule has 8 heteroatoms. The van der Waals surface area contributed by atoms with E-state index >= 15 is 0 Å². The van der Waals surface area contributed by atoms with Gasteiger partial charge in [0.15, 0.2) is 5.17 Å². The Hall–Kier alpha value is -3.88. The summed E-state index contributed by atoms with van der Waals surface area (Å²) in [7, 11) is 0. The largest absolute Gasteiger partial charge is 0.488 e. The number of para-hydroxylation sites is 1. The fourth-order valence-corrected chi connectivity index (χ4v) is 5.41. The van der Waals surface area contributed by atoms with Gasteiger partial charge in [0.2, 0.25) is 0 Å². The monoisotopic (exact) mass is 541 g/mol. The molecule has 200 valence electrons. The number of thioether (sulfide) groups is 1. The van der Waals surface area contributed by atoms with Gasteiger partial charge in [-0.15, -0.1) is 0 Å². The Morgan fingerprint density at radius 1 is 1.05 bits per heavy atom. The molecule has 2 saturated heterocycles. The summed E-state index contributed by atoms with van der Waals surface area (Å²) in [6.07, 6.45) is 1.86. The maximum atomic E-state index is 13.3. The molecule has 0 bridgehead atoms. The van der Waals surface area contributed by atoms with Crippen molar-refractivity contribution in [3.63, 3.8) is 0 Å². The predicted octanol–water partition coefficient (Wildman–Crippen LogP) is 5.67. The lowest BCUT2D eigenvalue weighted by molar-refractivity contribution is -0.122. The summed E-state index contributed by atoms with van der Waals surface area (Å²) in [5.41, 5.74) is 4.32. The molecule has 0 radical (unpaired) electrons. The van der Waals surface area contributed by atoms with Crippen molar-refractivity contribution in [3.05, 3.63) is 100.0 Å². The van der Waals surface area contributed by atoms with Crippen LogP contribution in [0.5, 0.6) is 5.75 Å². The maximum Gasteiger partial charge on any atom is 0.266 e. The van der Waals surface area contributed by atoms with Crippen LogP contribution in [0, 0.1) is 6.92 Å². The lowest BCUT2D eigenvalue weighted by Crippen LogP contribution is -2.40. The van der Waals surface area contributed by atoms with Crippen LogP contribution in [0.3, 0.4) is 0 Å². The smallest absolute Gasteiger partial charge is 0.266 e. The van der Waals surface area contributed by atoms with E-state index in [0.717, 1.165) is 11.1 Å². The molecule has 0 unspecified atom stereocenters. The van der Waals surface area contributed by atoms with Gasteiger partial charge in [0.1, 0.15) is 12.4 Å². The van der Waals surface area contributed by atoms with Crippen molar-refractivity contribution in [2.45, 2.75) is 20.5 Å². The molecule has 0 aromatic heterocycles. The van der Waals surface area contributed by atoms with E-state index in [2.05, 4.69) is 31.2 Å². The number of likely N-dealkylation sites (N-methyl/N-ethyl adjacent to an activating group) is 1. The fraction of sp³-hybridized carbons (Fsp3) is 0.258. The van der Waals surface area contributed by atoms with E-state index in [-0.39, 0.29) is 11.8 Å². The molecule has 5 rings (SSSR count). The topological polar surface area (TPSA) is 71.4 Å². The molecule has 2 heterocycles. The molecule has 3 aromatic carbocycles. The van der Waals surface area contributed by atoms with Gasteiger partial charge in [-0.1, -0.05) is 54.1 Å². The quantitative estimate of drug-likeness (QED) is 0.361. The normalized spacial score (nSPS) is 17.7. The average Bonchev–Trinajstić information content (AvgIpc) is 3.26. The summed E-state index contributed by atoms with van der Waals surface area (Å²) in [4.78, 5) is 35.0. The third-order valence-electron chi connectivity index (χ3n) is 6.54. The number of rotatable bonds is 7. The van der Waals surface area contributed by atoms with Crippen molar-refractivity contribution in [3.8, 4) is 5.75 Å². The maximum absolute atomic E-state index is 13.3. The molecule has 39 heavy (non-hydrogen) atoms. The minimum atomic E-state index is -0.102. The number of ether oxygens (including phenoxy) is 2. The number of amides is 2. The Kier molecular flexibility index (Phi) is 8.44. The van der Waals surface area contributed by atoms with Gasteiger partial charge in [-0.2, -0.15) is 0 Å². The molecule has 2 fully saturated rings. The first kappa shape index (κ1) is 26.7. The van der Waals surface area contributed by atoms with Crippen molar-refractivity contribution in [1.82, 2.24) is 9.80 Å². The zero-order valence-corrected chi connectivity index (χ0v) is 22.9. The van der Waals surface area contributed by atoms with Gasteiger partial charge in [-0.3, -0.25) is 14.5 Å². The molecular weight excluding hydrogens is 510 g/mol. The van der Waals surface area contributed by atoms with Crippen LogP contribution in [0.2, 0.25) is 0 Å². The van der Waals surface area contributed by atoms with E-state index in [1.54, 1.807) is 21.9 Å². The molecule has 2 aliphatic heterocycles. The summed E-state index contributed by atoms with van der Waals surface area (Å²) in [6, 6.07) is 23.2. The first-order valence-corrected chi connectivity index (χ1v) is 13.9. The Morgan fingerprint density at radius 3 is 2.59 bits per heavy atom. The van der Waals surface area contributed by atoms with Gasteiger partial charge in [0.05, 0.1) is 23.8 Å². The van der Waals surface area contributed by atoms with Gasteiger partial charge in [0.25, 0.3) is 11.8 Å². The summed E-state index contributed by atoms with van der Waals surface area (Å²) in [6.45, 7) is 7.16. The van der Waals surface area contributed by atoms with Gasteiger partial charge < -0.3 is 14.4 Å². The highest BCUT2D eigenvalue weighted by molar-refractivity contribution is 8.18.